The average molecular weight is 711 g/mol. The van der Waals surface area contributed by atoms with Gasteiger partial charge in [0.05, 0.1) is 17.9 Å². The van der Waals surface area contributed by atoms with Gasteiger partial charge in [-0.3, -0.25) is 9.59 Å². The van der Waals surface area contributed by atoms with Crippen molar-refractivity contribution in [1.29, 1.82) is 0 Å². The van der Waals surface area contributed by atoms with Crippen molar-refractivity contribution in [2.75, 3.05) is 26.2 Å². The summed E-state index contributed by atoms with van der Waals surface area (Å²) in [5.41, 5.74) is 1.58. The van der Waals surface area contributed by atoms with Crippen LogP contribution < -0.4 is 10.1 Å². The predicted molar refractivity (Wildman–Crippen MR) is 191 cm³/mol. The van der Waals surface area contributed by atoms with Gasteiger partial charge in [-0.2, -0.15) is 0 Å². The van der Waals surface area contributed by atoms with Crippen molar-refractivity contribution in [2.24, 2.45) is 0 Å². The van der Waals surface area contributed by atoms with Crippen molar-refractivity contribution in [3.05, 3.63) is 106 Å². The molecule has 0 radical (unpaired) electrons. The van der Waals surface area contributed by atoms with Crippen LogP contribution in [0.5, 0.6) is 0 Å². The van der Waals surface area contributed by atoms with Crippen molar-refractivity contribution in [1.82, 2.24) is 20.1 Å². The number of aliphatic hydroxyl groups excluding tert-OH is 1. The van der Waals surface area contributed by atoms with Crippen molar-refractivity contribution in [2.45, 2.75) is 77.7 Å². The Kier molecular flexibility index (Phi) is 16.0. The van der Waals surface area contributed by atoms with Gasteiger partial charge in [0.25, 0.3) is 11.8 Å². The molecule has 0 heterocycles. The number of amides is 2. The summed E-state index contributed by atoms with van der Waals surface area (Å²) in [6.45, 7) is 8.62. The van der Waals surface area contributed by atoms with Gasteiger partial charge in [-0.25, -0.2) is 22.2 Å². The molecule has 0 bridgehead atoms. The summed E-state index contributed by atoms with van der Waals surface area (Å²) in [6, 6.07) is 15.1. The lowest BCUT2D eigenvalue weighted by Crippen LogP contribution is -2.53. The maximum absolute atomic E-state index is 14.2. The Morgan fingerprint density at radius 2 is 1.50 bits per heavy atom. The van der Waals surface area contributed by atoms with Gasteiger partial charge in [0.15, 0.2) is 0 Å². The fourth-order valence-electron chi connectivity index (χ4n) is 5.55. The zero-order valence-electron chi connectivity index (χ0n) is 29.2. The highest BCUT2D eigenvalue weighted by molar-refractivity contribution is 7.88. The van der Waals surface area contributed by atoms with E-state index in [1.807, 2.05) is 20.8 Å². The molecule has 0 saturated carbocycles. The highest BCUT2D eigenvalue weighted by Gasteiger charge is 2.28. The maximum Gasteiger partial charge on any atom is 0.253 e. The number of carbonyl (C=O) groups is 2. The lowest BCUT2D eigenvalue weighted by molar-refractivity contribution is 0.0614. The number of halogens is 2. The number of nitrogens with one attached hydrogen (secondary N) is 2. The predicted octanol–water partition coefficient (Wildman–Crippen LogP) is 5.44. The molecule has 0 aromatic heterocycles. The van der Waals surface area contributed by atoms with E-state index in [-0.39, 0.29) is 47.9 Å². The van der Waals surface area contributed by atoms with Crippen LogP contribution in [-0.4, -0.2) is 73.6 Å². The smallest absolute Gasteiger partial charge is 0.253 e. The minimum Gasteiger partial charge on any atom is -0.390 e. The van der Waals surface area contributed by atoms with Crippen LogP contribution in [0.3, 0.4) is 0 Å². The summed E-state index contributed by atoms with van der Waals surface area (Å²) >= 11 is 0. The zero-order valence-corrected chi connectivity index (χ0v) is 30.0. The van der Waals surface area contributed by atoms with E-state index in [0.29, 0.717) is 30.6 Å². The maximum atomic E-state index is 14.2. The van der Waals surface area contributed by atoms with Crippen molar-refractivity contribution in [3.8, 4) is 11.8 Å². The van der Waals surface area contributed by atoms with Crippen LogP contribution in [0.4, 0.5) is 8.78 Å². The molecule has 0 saturated heterocycles. The average Bonchev–Trinajstić information content (AvgIpc) is 3.06. The summed E-state index contributed by atoms with van der Waals surface area (Å²) in [5, 5.41) is 15.7. The summed E-state index contributed by atoms with van der Waals surface area (Å²) < 4.78 is 54.7. The van der Waals surface area contributed by atoms with E-state index in [1.54, 1.807) is 48.2 Å². The zero-order chi connectivity index (χ0) is 36.7. The molecule has 3 rings (SSSR count). The Labute approximate surface area is 295 Å². The third-order valence-corrected chi connectivity index (χ3v) is 9.05. The summed E-state index contributed by atoms with van der Waals surface area (Å²) in [7, 11) is -3.88. The highest BCUT2D eigenvalue weighted by atomic mass is 32.2. The first-order valence-electron chi connectivity index (χ1n) is 17.0. The SMILES string of the molecule is CC#Cc1cc(C(=O)NC(Cc2cc(F)cc(F)c2)C(O)CN(CCCC)NS(=O)(=O)Cc2ccccc2)cc(C(=O)N(CCC)CCC)c1. The number of nitrogens with zero attached hydrogens (tertiary/aromatic N) is 2. The molecular weight excluding hydrogens is 663 g/mol. The molecule has 9 nitrogen and oxygen atoms in total. The molecule has 3 aromatic carbocycles. The Bertz CT molecular complexity index is 1720. The van der Waals surface area contributed by atoms with Crippen LogP contribution in [0.25, 0.3) is 0 Å². The lowest BCUT2D eigenvalue weighted by atomic mass is 9.99. The molecule has 50 heavy (non-hydrogen) atoms. The van der Waals surface area contributed by atoms with E-state index in [9.17, 15) is 31.9 Å². The van der Waals surface area contributed by atoms with Gasteiger partial charge in [-0.05, 0) is 74.1 Å². The summed E-state index contributed by atoms with van der Waals surface area (Å²) in [6.07, 6.45) is 1.27. The molecule has 3 N–H and O–H groups in total. The Morgan fingerprint density at radius 3 is 2.10 bits per heavy atom. The van der Waals surface area contributed by atoms with Crippen molar-refractivity contribution >= 4 is 21.8 Å². The second-order valence-electron chi connectivity index (χ2n) is 12.2. The first-order valence-corrected chi connectivity index (χ1v) is 18.6. The minimum absolute atomic E-state index is 0.107. The number of sulfonamides is 1. The number of rotatable bonds is 19. The van der Waals surface area contributed by atoms with Crippen LogP contribution in [-0.2, 0) is 22.2 Å². The third kappa shape index (κ3) is 12.9. The van der Waals surface area contributed by atoms with Gasteiger partial charge in [0.2, 0.25) is 10.0 Å². The fraction of sp³-hybridized carbons (Fsp3) is 0.421. The molecule has 0 fully saturated rings. The number of hydrogen-bond acceptors (Lipinski definition) is 6. The minimum atomic E-state index is -3.88. The van der Waals surface area contributed by atoms with Crippen molar-refractivity contribution < 1.29 is 31.9 Å². The molecule has 2 atom stereocenters. The van der Waals surface area contributed by atoms with Gasteiger partial charge in [0.1, 0.15) is 11.6 Å². The molecule has 0 aliphatic heterocycles. The molecule has 0 aliphatic rings. The second kappa shape index (κ2) is 19.9. The van der Waals surface area contributed by atoms with E-state index in [2.05, 4.69) is 22.0 Å². The summed E-state index contributed by atoms with van der Waals surface area (Å²) in [4.78, 5) is 31.6. The standard InChI is InChI=1S/C38H48F2N4O5S/c1-5-9-18-44(42-50(48,49)27-28-14-11-10-12-15-28)26-36(45)35(23-30-21-33(39)25-34(40)22-30)41-37(46)31-19-29(13-6-2)20-32(24-31)38(47)43(16-7-3)17-8-4/h10-12,14-15,19-22,24-25,35-36,42,45H,5,7-9,16-18,23,26-27H2,1-4H3,(H,41,46). The molecule has 270 valence electrons. The fourth-order valence-corrected chi connectivity index (χ4v) is 6.81. The van der Waals surface area contributed by atoms with E-state index < -0.39 is 39.7 Å². The van der Waals surface area contributed by atoms with Crippen LogP contribution in [0.2, 0.25) is 0 Å². The van der Waals surface area contributed by atoms with Gasteiger partial charge in [-0.1, -0.05) is 63.4 Å². The Hall–Kier alpha value is -4.15. The molecule has 2 amide bonds. The molecule has 0 spiro atoms. The molecule has 12 heteroatoms. The van der Waals surface area contributed by atoms with E-state index in [4.69, 9.17) is 0 Å². The quantitative estimate of drug-likeness (QED) is 0.113. The van der Waals surface area contributed by atoms with Crippen LogP contribution in [0, 0.1) is 23.5 Å². The Morgan fingerprint density at radius 1 is 0.860 bits per heavy atom. The number of aliphatic hydroxyl groups is 1. The van der Waals surface area contributed by atoms with Gasteiger partial charge in [0, 0.05) is 48.9 Å². The van der Waals surface area contributed by atoms with E-state index in [1.165, 1.54) is 17.1 Å². The van der Waals surface area contributed by atoms with Crippen LogP contribution in [0.1, 0.15) is 90.8 Å². The third-order valence-electron chi connectivity index (χ3n) is 7.80. The topological polar surface area (TPSA) is 119 Å². The first-order chi connectivity index (χ1) is 23.9. The number of hydrazine groups is 1. The monoisotopic (exact) mass is 710 g/mol. The van der Waals surface area contributed by atoms with Gasteiger partial charge >= 0.3 is 0 Å². The number of benzene rings is 3. The van der Waals surface area contributed by atoms with Crippen molar-refractivity contribution in [3.63, 3.8) is 0 Å². The van der Waals surface area contributed by atoms with Crippen LogP contribution >= 0.6 is 0 Å². The largest absolute Gasteiger partial charge is 0.390 e. The second-order valence-corrected chi connectivity index (χ2v) is 13.9. The molecule has 2 unspecified atom stereocenters. The number of hydrogen-bond donors (Lipinski definition) is 3. The normalized spacial score (nSPS) is 12.6. The number of carbonyl (C=O) groups excluding carboxylic acids is 2. The van der Waals surface area contributed by atoms with Gasteiger partial charge in [-0.15, -0.1) is 10.8 Å². The van der Waals surface area contributed by atoms with E-state index in [0.717, 1.165) is 37.5 Å². The number of unbranched alkanes of at least 4 members (excludes halogenated alkanes) is 1. The first kappa shape index (κ1) is 40.3. The molecule has 0 aliphatic carbocycles. The Balaban J connectivity index is 1.95. The molecular formula is C38H48F2N4O5S. The summed E-state index contributed by atoms with van der Waals surface area (Å²) in [5.74, 6) is 2.86. The van der Waals surface area contributed by atoms with Crippen LogP contribution in [0.15, 0.2) is 66.7 Å². The highest BCUT2D eigenvalue weighted by Crippen LogP contribution is 2.17. The van der Waals surface area contributed by atoms with Gasteiger partial charge < -0.3 is 15.3 Å². The lowest BCUT2D eigenvalue weighted by Gasteiger charge is -2.30. The molecule has 3 aromatic rings. The van der Waals surface area contributed by atoms with E-state index >= 15 is 0 Å².